The number of fused-ring (bicyclic) bond motifs is 6. The molecule has 7 aromatic rings. The van der Waals surface area contributed by atoms with Crippen molar-refractivity contribution in [1.82, 2.24) is 14.5 Å². The van der Waals surface area contributed by atoms with Gasteiger partial charge in [-0.2, -0.15) is 0 Å². The number of benzene rings is 5. The van der Waals surface area contributed by atoms with Crippen LogP contribution in [-0.2, 0) is 6.42 Å². The first kappa shape index (κ1) is 35.4. The van der Waals surface area contributed by atoms with Crippen LogP contribution in [0.25, 0.3) is 72.2 Å². The fourth-order valence-electron chi connectivity index (χ4n) is 7.87. The molecular formula is C52H45N3. The molecule has 0 unspecified atom stereocenters. The molecule has 55 heavy (non-hydrogen) atoms. The van der Waals surface area contributed by atoms with E-state index < -0.39 is 0 Å². The summed E-state index contributed by atoms with van der Waals surface area (Å²) in [4.78, 5) is 10.4. The summed E-state index contributed by atoms with van der Waals surface area (Å²) in [5.74, 6) is 0.725. The molecular weight excluding hydrogens is 667 g/mol. The molecule has 9 rings (SSSR count). The Labute approximate surface area is 324 Å². The summed E-state index contributed by atoms with van der Waals surface area (Å²) in [6, 6.07) is 39.3. The first-order valence-corrected chi connectivity index (χ1v) is 19.3. The molecule has 0 fully saturated rings. The lowest BCUT2D eigenvalue weighted by Crippen LogP contribution is -2.06. The molecule has 0 amide bonds. The molecule has 3 nitrogen and oxygen atoms in total. The molecule has 0 saturated carbocycles. The van der Waals surface area contributed by atoms with Crippen LogP contribution in [0.3, 0.4) is 0 Å². The molecule has 0 bridgehead atoms. The molecule has 3 heteroatoms. The number of allylic oxidation sites excluding steroid dienone is 13. The summed E-state index contributed by atoms with van der Waals surface area (Å²) >= 11 is 0. The third-order valence-corrected chi connectivity index (χ3v) is 10.5. The second kappa shape index (κ2) is 15.8. The lowest BCUT2D eigenvalue weighted by Gasteiger charge is -2.21. The van der Waals surface area contributed by atoms with E-state index in [4.69, 9.17) is 9.97 Å². The quantitative estimate of drug-likeness (QED) is 0.161. The number of hydrogen-bond acceptors (Lipinski definition) is 2. The van der Waals surface area contributed by atoms with Crippen LogP contribution in [0.1, 0.15) is 50.3 Å². The number of para-hydroxylation sites is 3. The Kier molecular flexibility index (Phi) is 10.2. The molecule has 0 saturated heterocycles. The Morgan fingerprint density at radius 2 is 1.42 bits per heavy atom. The maximum atomic E-state index is 5.28. The van der Waals surface area contributed by atoms with Crippen LogP contribution < -0.4 is 0 Å². The van der Waals surface area contributed by atoms with Crippen molar-refractivity contribution in [3.63, 3.8) is 0 Å². The molecule has 1 aliphatic carbocycles. The summed E-state index contributed by atoms with van der Waals surface area (Å²) in [5.41, 5.74) is 15.0. The SMILES string of the molecule is C/C=C\C=C/C.C=C/C1=C(\C=C/C)c2cccc3c4cc(-c5nc(-c6ccc(C7=CCCC=C7)cc6)c6ccccc6n5)ccc4n(c23)-c2ccccc2C1. The maximum absolute atomic E-state index is 5.28. The largest absolute Gasteiger partial charge is 0.308 e. The Bertz CT molecular complexity index is 2750. The van der Waals surface area contributed by atoms with Crippen molar-refractivity contribution < 1.29 is 0 Å². The Morgan fingerprint density at radius 3 is 2.18 bits per heavy atom. The van der Waals surface area contributed by atoms with E-state index in [1.165, 1.54) is 60.9 Å². The molecule has 0 atom stereocenters. The summed E-state index contributed by atoms with van der Waals surface area (Å²) in [7, 11) is 0. The molecule has 1 aliphatic heterocycles. The number of hydrogen-bond donors (Lipinski definition) is 0. The summed E-state index contributed by atoms with van der Waals surface area (Å²) in [5, 5.41) is 3.44. The van der Waals surface area contributed by atoms with Gasteiger partial charge in [0.1, 0.15) is 0 Å². The Balaban J connectivity index is 0.000000661. The summed E-state index contributed by atoms with van der Waals surface area (Å²) < 4.78 is 2.45. The van der Waals surface area contributed by atoms with Crippen molar-refractivity contribution >= 4 is 43.9 Å². The van der Waals surface area contributed by atoms with Crippen molar-refractivity contribution in [2.45, 2.75) is 40.0 Å². The van der Waals surface area contributed by atoms with Crippen LogP contribution in [-0.4, -0.2) is 14.5 Å². The molecule has 0 spiro atoms. The third kappa shape index (κ3) is 6.75. The van der Waals surface area contributed by atoms with E-state index in [9.17, 15) is 0 Å². The van der Waals surface area contributed by atoms with Crippen LogP contribution in [0.2, 0.25) is 0 Å². The highest BCUT2D eigenvalue weighted by molar-refractivity contribution is 6.14. The third-order valence-electron chi connectivity index (χ3n) is 10.5. The van der Waals surface area contributed by atoms with E-state index in [0.29, 0.717) is 0 Å². The van der Waals surface area contributed by atoms with Crippen LogP contribution in [0.4, 0.5) is 0 Å². The number of aromatic nitrogens is 3. The van der Waals surface area contributed by atoms with Gasteiger partial charge in [-0.25, -0.2) is 9.97 Å². The van der Waals surface area contributed by atoms with E-state index in [1.54, 1.807) is 0 Å². The van der Waals surface area contributed by atoms with Gasteiger partial charge in [0.25, 0.3) is 0 Å². The highest BCUT2D eigenvalue weighted by atomic mass is 15.0. The Hall–Kier alpha value is -6.58. The van der Waals surface area contributed by atoms with Gasteiger partial charge in [-0.05, 0) is 91.8 Å². The van der Waals surface area contributed by atoms with Crippen molar-refractivity contribution in [1.29, 1.82) is 0 Å². The predicted octanol–water partition coefficient (Wildman–Crippen LogP) is 14.0. The highest BCUT2D eigenvalue weighted by Crippen LogP contribution is 2.42. The van der Waals surface area contributed by atoms with Crippen molar-refractivity contribution in [3.05, 3.63) is 199 Å². The van der Waals surface area contributed by atoms with Crippen LogP contribution in [0.5, 0.6) is 0 Å². The van der Waals surface area contributed by atoms with Crippen molar-refractivity contribution in [3.8, 4) is 28.3 Å². The zero-order valence-electron chi connectivity index (χ0n) is 31.8. The van der Waals surface area contributed by atoms with E-state index >= 15 is 0 Å². The molecule has 5 aromatic carbocycles. The minimum absolute atomic E-state index is 0.725. The van der Waals surface area contributed by atoms with Gasteiger partial charge in [-0.1, -0.05) is 146 Å². The molecule has 0 radical (unpaired) electrons. The average Bonchev–Trinajstić information content (AvgIpc) is 3.58. The van der Waals surface area contributed by atoms with Gasteiger partial charge >= 0.3 is 0 Å². The Morgan fingerprint density at radius 1 is 0.673 bits per heavy atom. The van der Waals surface area contributed by atoms with Gasteiger partial charge in [-0.15, -0.1) is 0 Å². The topological polar surface area (TPSA) is 30.7 Å². The van der Waals surface area contributed by atoms with Crippen LogP contribution in [0, 0.1) is 0 Å². The van der Waals surface area contributed by atoms with Crippen LogP contribution in [0.15, 0.2) is 182 Å². The smallest absolute Gasteiger partial charge is 0.160 e. The number of rotatable bonds is 6. The molecule has 3 heterocycles. The van der Waals surface area contributed by atoms with Gasteiger partial charge in [0.05, 0.1) is 22.2 Å². The fourth-order valence-corrected chi connectivity index (χ4v) is 7.87. The van der Waals surface area contributed by atoms with E-state index in [-0.39, 0.29) is 0 Å². The first-order chi connectivity index (χ1) is 27.1. The van der Waals surface area contributed by atoms with Gasteiger partial charge in [0.2, 0.25) is 0 Å². The maximum Gasteiger partial charge on any atom is 0.160 e. The zero-order chi connectivity index (χ0) is 37.7. The van der Waals surface area contributed by atoms with Gasteiger partial charge in [0, 0.05) is 45.0 Å². The van der Waals surface area contributed by atoms with Crippen molar-refractivity contribution in [2.24, 2.45) is 0 Å². The monoisotopic (exact) mass is 711 g/mol. The molecule has 2 aromatic heterocycles. The minimum Gasteiger partial charge on any atom is -0.308 e. The first-order valence-electron chi connectivity index (χ1n) is 19.3. The predicted molar refractivity (Wildman–Crippen MR) is 236 cm³/mol. The normalized spacial score (nSPS) is 15.4. The summed E-state index contributed by atoms with van der Waals surface area (Å²) in [6.07, 6.45) is 24.2. The molecule has 2 aliphatic rings. The van der Waals surface area contributed by atoms with Gasteiger partial charge in [0.15, 0.2) is 5.82 Å². The second-order valence-corrected chi connectivity index (χ2v) is 13.9. The standard InChI is InChI=1S/C46H35N3.C6H10/c1-3-13-36-30(4-2)28-34-16-8-11-21-42(34)49-43-27-26-35(29-40(43)38-19-12-18-37(36)45(38)49)46-47-41-20-10-9-17-39(41)44(48-46)33-24-22-32(23-25-33)31-14-6-5-7-15-31;1-3-5-6-4-2/h3-4,6,8-27,29H,2,5,7,28H2,1H3;3-6H,1-2H3/b13-3-,36-30-;5-3-,6-4-. The van der Waals surface area contributed by atoms with E-state index in [0.717, 1.165) is 52.8 Å². The zero-order valence-corrected chi connectivity index (χ0v) is 31.8. The average molecular weight is 712 g/mol. The van der Waals surface area contributed by atoms with E-state index in [2.05, 4.69) is 158 Å². The molecule has 268 valence electrons. The van der Waals surface area contributed by atoms with E-state index in [1.807, 2.05) is 44.2 Å². The van der Waals surface area contributed by atoms with Crippen LogP contribution >= 0.6 is 0 Å². The summed E-state index contributed by atoms with van der Waals surface area (Å²) in [6.45, 7) is 10.3. The second-order valence-electron chi connectivity index (χ2n) is 13.9. The lowest BCUT2D eigenvalue weighted by atomic mass is 9.91. The van der Waals surface area contributed by atoms with Gasteiger partial charge < -0.3 is 4.57 Å². The lowest BCUT2D eigenvalue weighted by molar-refractivity contribution is 1.04. The van der Waals surface area contributed by atoms with Gasteiger partial charge in [-0.3, -0.25) is 0 Å². The highest BCUT2D eigenvalue weighted by Gasteiger charge is 2.23. The minimum atomic E-state index is 0.725. The molecule has 0 N–H and O–H groups in total. The van der Waals surface area contributed by atoms with Crippen molar-refractivity contribution in [2.75, 3.05) is 0 Å². The number of nitrogens with zero attached hydrogens (tertiary/aromatic N) is 3. The fraction of sp³-hybridized carbons (Fsp3) is 0.115.